The minimum Gasteiger partial charge on any atom is -0.293 e. The molecule has 2 amide bonds. The van der Waals surface area contributed by atoms with Crippen molar-refractivity contribution < 1.29 is 9.59 Å². The van der Waals surface area contributed by atoms with Crippen molar-refractivity contribution in [3.63, 3.8) is 0 Å². The van der Waals surface area contributed by atoms with Crippen molar-refractivity contribution in [1.29, 1.82) is 0 Å². The van der Waals surface area contributed by atoms with E-state index < -0.39 is 5.91 Å². The first-order valence-electron chi connectivity index (χ1n) is 4.10. The van der Waals surface area contributed by atoms with Crippen molar-refractivity contribution in [1.82, 2.24) is 5.32 Å². The van der Waals surface area contributed by atoms with E-state index in [0.717, 1.165) is 5.56 Å². The second-order valence-electron chi connectivity index (χ2n) is 2.84. The van der Waals surface area contributed by atoms with Crippen LogP contribution in [0.5, 0.6) is 0 Å². The third-order valence-electron chi connectivity index (χ3n) is 1.66. The number of hydrogen-bond donors (Lipinski definition) is 1. The number of nitrogens with one attached hydrogen (secondary N) is 1. The second kappa shape index (κ2) is 4.77. The quantitative estimate of drug-likeness (QED) is 0.757. The number of rotatable bonds is 2. The highest BCUT2D eigenvalue weighted by atomic mass is 35.5. The summed E-state index contributed by atoms with van der Waals surface area (Å²) in [5.41, 5.74) is 1.39. The van der Waals surface area contributed by atoms with Gasteiger partial charge in [0.15, 0.2) is 0 Å². The maximum absolute atomic E-state index is 11.3. The monoisotopic (exact) mass is 211 g/mol. The standard InChI is InChI=1S/C10H10ClNO2/c1-7(13)12-10(14)9-4-2-8(6-11)3-5-9/h2-5H,6H2,1H3,(H,12,13,14). The SMILES string of the molecule is CC(=O)NC(=O)c1ccc(CCl)cc1. The van der Waals surface area contributed by atoms with Crippen LogP contribution in [-0.2, 0) is 10.7 Å². The van der Waals surface area contributed by atoms with Crippen molar-refractivity contribution >= 4 is 23.4 Å². The number of alkyl halides is 1. The molecular formula is C10H10ClNO2. The maximum Gasteiger partial charge on any atom is 0.257 e. The van der Waals surface area contributed by atoms with Gasteiger partial charge in [-0.05, 0) is 17.7 Å². The summed E-state index contributed by atoms with van der Waals surface area (Å²) in [6.07, 6.45) is 0. The topological polar surface area (TPSA) is 46.2 Å². The Kier molecular flexibility index (Phi) is 3.65. The molecule has 0 aliphatic heterocycles. The third-order valence-corrected chi connectivity index (χ3v) is 1.97. The molecule has 0 aromatic heterocycles. The van der Waals surface area contributed by atoms with Crippen molar-refractivity contribution in [2.45, 2.75) is 12.8 Å². The molecule has 1 rings (SSSR count). The van der Waals surface area contributed by atoms with Crippen LogP contribution in [0.15, 0.2) is 24.3 Å². The van der Waals surface area contributed by atoms with E-state index in [9.17, 15) is 9.59 Å². The summed E-state index contributed by atoms with van der Waals surface area (Å²) in [6, 6.07) is 6.77. The number of halogens is 1. The number of carbonyl (C=O) groups excluding carboxylic acids is 2. The molecule has 0 spiro atoms. The molecule has 0 heterocycles. The number of amides is 2. The van der Waals surface area contributed by atoms with E-state index in [1.54, 1.807) is 24.3 Å². The average Bonchev–Trinajstić information content (AvgIpc) is 2.17. The summed E-state index contributed by atoms with van der Waals surface area (Å²) < 4.78 is 0. The first kappa shape index (κ1) is 10.7. The Bertz CT molecular complexity index is 346. The molecule has 0 atom stereocenters. The highest BCUT2D eigenvalue weighted by molar-refractivity contribution is 6.17. The molecule has 0 saturated heterocycles. The average molecular weight is 212 g/mol. The van der Waals surface area contributed by atoms with Crippen LogP contribution in [0, 0.1) is 0 Å². The fraction of sp³-hybridized carbons (Fsp3) is 0.200. The molecule has 0 bridgehead atoms. The predicted molar refractivity (Wildman–Crippen MR) is 54.1 cm³/mol. The van der Waals surface area contributed by atoms with Gasteiger partial charge in [0.1, 0.15) is 0 Å². The molecule has 74 valence electrons. The molecule has 3 nitrogen and oxygen atoms in total. The molecule has 0 saturated carbocycles. The van der Waals surface area contributed by atoms with Crippen LogP contribution in [0.2, 0.25) is 0 Å². The van der Waals surface area contributed by atoms with Gasteiger partial charge in [0, 0.05) is 18.4 Å². The Morgan fingerprint density at radius 1 is 1.29 bits per heavy atom. The van der Waals surface area contributed by atoms with Crippen LogP contribution < -0.4 is 5.32 Å². The highest BCUT2D eigenvalue weighted by Gasteiger charge is 2.05. The zero-order valence-electron chi connectivity index (χ0n) is 7.71. The van der Waals surface area contributed by atoms with Gasteiger partial charge in [-0.15, -0.1) is 11.6 Å². The van der Waals surface area contributed by atoms with E-state index in [1.165, 1.54) is 6.92 Å². The van der Waals surface area contributed by atoms with Gasteiger partial charge in [-0.3, -0.25) is 14.9 Å². The summed E-state index contributed by atoms with van der Waals surface area (Å²) in [7, 11) is 0. The number of hydrogen-bond acceptors (Lipinski definition) is 2. The summed E-state index contributed by atoms with van der Waals surface area (Å²) >= 11 is 5.59. The van der Waals surface area contributed by atoms with E-state index in [4.69, 9.17) is 11.6 Å². The molecule has 0 unspecified atom stereocenters. The lowest BCUT2D eigenvalue weighted by Crippen LogP contribution is -2.27. The van der Waals surface area contributed by atoms with Crippen molar-refractivity contribution in [2.75, 3.05) is 0 Å². The Balaban J connectivity index is 2.76. The van der Waals surface area contributed by atoms with Crippen LogP contribution >= 0.6 is 11.6 Å². The Hall–Kier alpha value is -1.35. The van der Waals surface area contributed by atoms with Gasteiger partial charge in [0.05, 0.1) is 0 Å². The number of imide groups is 1. The first-order chi connectivity index (χ1) is 6.63. The predicted octanol–water partition coefficient (Wildman–Crippen LogP) is 1.70. The van der Waals surface area contributed by atoms with Crippen molar-refractivity contribution in [3.05, 3.63) is 35.4 Å². The van der Waals surface area contributed by atoms with Crippen LogP contribution in [0.4, 0.5) is 0 Å². The summed E-state index contributed by atoms with van der Waals surface area (Å²) in [6.45, 7) is 1.30. The first-order valence-corrected chi connectivity index (χ1v) is 4.63. The minimum atomic E-state index is -0.390. The largest absolute Gasteiger partial charge is 0.293 e. The van der Waals surface area contributed by atoms with Crippen LogP contribution in [0.1, 0.15) is 22.8 Å². The van der Waals surface area contributed by atoms with Gasteiger partial charge >= 0.3 is 0 Å². The maximum atomic E-state index is 11.3. The molecule has 14 heavy (non-hydrogen) atoms. The van der Waals surface area contributed by atoms with Crippen LogP contribution in [-0.4, -0.2) is 11.8 Å². The normalized spacial score (nSPS) is 9.57. The van der Waals surface area contributed by atoms with E-state index in [2.05, 4.69) is 5.32 Å². The molecule has 0 aliphatic carbocycles. The Morgan fingerprint density at radius 3 is 2.29 bits per heavy atom. The van der Waals surface area contributed by atoms with Gasteiger partial charge in [0.25, 0.3) is 5.91 Å². The molecule has 0 aliphatic rings. The van der Waals surface area contributed by atoms with Crippen molar-refractivity contribution in [3.8, 4) is 0 Å². The van der Waals surface area contributed by atoms with Gasteiger partial charge in [0.2, 0.25) is 5.91 Å². The van der Waals surface area contributed by atoms with Crippen molar-refractivity contribution in [2.24, 2.45) is 0 Å². The number of benzene rings is 1. The minimum absolute atomic E-state index is 0.364. The van der Waals surface area contributed by atoms with Crippen LogP contribution in [0.25, 0.3) is 0 Å². The smallest absolute Gasteiger partial charge is 0.257 e. The molecule has 1 N–H and O–H groups in total. The van der Waals surface area contributed by atoms with E-state index >= 15 is 0 Å². The van der Waals surface area contributed by atoms with Crippen LogP contribution in [0.3, 0.4) is 0 Å². The Labute approximate surface area is 87.1 Å². The van der Waals surface area contributed by atoms with Gasteiger partial charge in [-0.2, -0.15) is 0 Å². The summed E-state index contributed by atoms with van der Waals surface area (Å²) in [5, 5.41) is 2.19. The van der Waals surface area contributed by atoms with E-state index in [1.807, 2.05) is 0 Å². The number of carbonyl (C=O) groups is 2. The molecule has 0 fully saturated rings. The van der Waals surface area contributed by atoms with Gasteiger partial charge < -0.3 is 0 Å². The molecule has 0 radical (unpaired) electrons. The molecule has 1 aromatic carbocycles. The third kappa shape index (κ3) is 2.85. The lowest BCUT2D eigenvalue weighted by Gasteiger charge is -2.01. The zero-order chi connectivity index (χ0) is 10.6. The fourth-order valence-electron chi connectivity index (χ4n) is 0.977. The second-order valence-corrected chi connectivity index (χ2v) is 3.11. The zero-order valence-corrected chi connectivity index (χ0v) is 8.47. The molecule has 1 aromatic rings. The Morgan fingerprint density at radius 2 is 1.86 bits per heavy atom. The highest BCUT2D eigenvalue weighted by Crippen LogP contribution is 2.06. The summed E-state index contributed by atoms with van der Waals surface area (Å²) in [5.74, 6) is -0.343. The fourth-order valence-corrected chi connectivity index (χ4v) is 1.16. The molecular weight excluding hydrogens is 202 g/mol. The summed E-state index contributed by atoms with van der Waals surface area (Å²) in [4.78, 5) is 21.9. The lowest BCUT2D eigenvalue weighted by atomic mass is 10.1. The molecule has 4 heteroatoms. The van der Waals surface area contributed by atoms with Gasteiger partial charge in [-0.25, -0.2) is 0 Å². The van der Waals surface area contributed by atoms with E-state index in [0.29, 0.717) is 11.4 Å². The van der Waals surface area contributed by atoms with Gasteiger partial charge in [-0.1, -0.05) is 12.1 Å². The van der Waals surface area contributed by atoms with E-state index in [-0.39, 0.29) is 5.91 Å². The lowest BCUT2D eigenvalue weighted by molar-refractivity contribution is -0.118.